The first-order valence-electron chi connectivity index (χ1n) is 14.2. The van der Waals surface area contributed by atoms with Gasteiger partial charge < -0.3 is 29.5 Å². The summed E-state index contributed by atoms with van der Waals surface area (Å²) >= 11 is 0. The van der Waals surface area contributed by atoms with Crippen molar-refractivity contribution in [2.45, 2.75) is 44.8 Å². The number of aromatic nitrogens is 3. The number of ketones is 1. The Balaban J connectivity index is 1.29. The van der Waals surface area contributed by atoms with E-state index in [1.165, 1.54) is 21.7 Å². The number of ether oxygens (including phenoxy) is 3. The van der Waals surface area contributed by atoms with E-state index >= 15 is 0 Å². The monoisotopic (exact) mass is 632 g/mol. The zero-order valence-electron chi connectivity index (χ0n) is 24.0. The molecule has 16 heteroatoms. The summed E-state index contributed by atoms with van der Waals surface area (Å²) in [5, 5.41) is 21.8. The maximum Gasteiger partial charge on any atom is 0.418 e. The topological polar surface area (TPSA) is 157 Å². The maximum atomic E-state index is 14.1. The molecule has 240 valence electrons. The molecule has 5 rings (SSSR count). The Morgan fingerprint density at radius 1 is 1.04 bits per heavy atom. The molecule has 0 radical (unpaired) electrons. The summed E-state index contributed by atoms with van der Waals surface area (Å²) in [6.07, 6.45) is -2.93. The van der Waals surface area contributed by atoms with Crippen LogP contribution in [0.5, 0.6) is 0 Å². The van der Waals surface area contributed by atoms with Crippen LogP contribution in [0.4, 0.5) is 35.0 Å². The Hall–Kier alpha value is -4.54. The number of hydrogen-bond acceptors (Lipinski definition) is 9. The van der Waals surface area contributed by atoms with Crippen LogP contribution < -0.4 is 15.5 Å². The highest BCUT2D eigenvalue weighted by Crippen LogP contribution is 2.42. The predicted octanol–water partition coefficient (Wildman–Crippen LogP) is 4.47. The molecule has 3 N–H and O–H groups in total. The Morgan fingerprint density at radius 2 is 1.82 bits per heavy atom. The molecule has 3 heterocycles. The summed E-state index contributed by atoms with van der Waals surface area (Å²) in [5.41, 5.74) is -0.873. The van der Waals surface area contributed by atoms with E-state index in [0.717, 1.165) is 25.3 Å². The second kappa shape index (κ2) is 14.0. The van der Waals surface area contributed by atoms with Crippen LogP contribution in [0, 0.1) is 0 Å². The van der Waals surface area contributed by atoms with Gasteiger partial charge in [0, 0.05) is 25.3 Å². The number of carboxylic acid groups (broad SMARTS) is 1. The third kappa shape index (κ3) is 8.34. The fourth-order valence-corrected chi connectivity index (χ4v) is 4.98. The molecule has 3 aromatic rings. The number of hydrogen-bond donors (Lipinski definition) is 3. The van der Waals surface area contributed by atoms with Crippen molar-refractivity contribution in [1.82, 2.24) is 15.0 Å². The normalized spacial score (nSPS) is 17.1. The minimum absolute atomic E-state index is 0.147. The molecular formula is C29H31F3N6O7. The molecular weight excluding hydrogens is 601 g/mol. The fraction of sp³-hybridized carbons (Fsp3) is 0.414. The zero-order chi connectivity index (χ0) is 32.0. The average molecular weight is 633 g/mol. The lowest BCUT2D eigenvalue weighted by Crippen LogP contribution is -2.37. The lowest BCUT2D eigenvalue weighted by Gasteiger charge is -2.32. The van der Waals surface area contributed by atoms with Crippen molar-refractivity contribution in [3.63, 3.8) is 0 Å². The molecule has 1 aromatic heterocycles. The van der Waals surface area contributed by atoms with Crippen LogP contribution in [0.15, 0.2) is 42.6 Å². The van der Waals surface area contributed by atoms with E-state index in [2.05, 4.69) is 15.6 Å². The van der Waals surface area contributed by atoms with Gasteiger partial charge in [-0.3, -0.25) is 14.9 Å². The maximum absolute atomic E-state index is 14.1. The predicted molar refractivity (Wildman–Crippen MR) is 153 cm³/mol. The number of benzene rings is 2. The molecule has 2 aliphatic heterocycles. The van der Waals surface area contributed by atoms with E-state index < -0.39 is 41.6 Å². The number of rotatable bonds is 10. The molecule has 1 unspecified atom stereocenters. The van der Waals surface area contributed by atoms with E-state index in [4.69, 9.17) is 14.2 Å². The summed E-state index contributed by atoms with van der Waals surface area (Å²) in [5.74, 6) is -1.56. The summed E-state index contributed by atoms with van der Waals surface area (Å²) < 4.78 is 60.1. The quantitative estimate of drug-likeness (QED) is 0.215. The number of Topliss-reactive ketones (excluding diaryl/α,β-unsaturated/α-hetero) is 1. The van der Waals surface area contributed by atoms with Crippen LogP contribution in [0.25, 0.3) is 5.69 Å². The van der Waals surface area contributed by atoms with Crippen molar-refractivity contribution >= 4 is 34.8 Å². The molecule has 1 atom stereocenters. The number of amides is 2. The van der Waals surface area contributed by atoms with Gasteiger partial charge in [-0.2, -0.15) is 13.2 Å². The van der Waals surface area contributed by atoms with Gasteiger partial charge in [-0.1, -0.05) is 17.3 Å². The van der Waals surface area contributed by atoms with Crippen LogP contribution in [0.1, 0.15) is 47.3 Å². The largest absolute Gasteiger partial charge is 0.465 e. The molecule has 13 nitrogen and oxygen atoms in total. The SMILES string of the molecule is O=C(O)Nc1cc(N2CCOCC2)c(C(F)(F)F)cc1NC(=O)CC(=O)c1cccc(-n2cc(COC3CCCCO3)nn2)c1. The van der Waals surface area contributed by atoms with Crippen LogP contribution in [0.3, 0.4) is 0 Å². The molecule has 0 saturated carbocycles. The van der Waals surface area contributed by atoms with Gasteiger partial charge in [-0.15, -0.1) is 5.10 Å². The van der Waals surface area contributed by atoms with Gasteiger partial charge in [0.1, 0.15) is 5.69 Å². The Labute approximate surface area is 255 Å². The summed E-state index contributed by atoms with van der Waals surface area (Å²) in [4.78, 5) is 38.8. The minimum Gasteiger partial charge on any atom is -0.465 e. The van der Waals surface area contributed by atoms with E-state index in [1.54, 1.807) is 18.3 Å². The van der Waals surface area contributed by atoms with Gasteiger partial charge >= 0.3 is 12.3 Å². The number of morpholine rings is 1. The van der Waals surface area contributed by atoms with E-state index in [-0.39, 0.29) is 56.1 Å². The smallest absolute Gasteiger partial charge is 0.418 e. The van der Waals surface area contributed by atoms with Crippen LogP contribution in [-0.2, 0) is 31.8 Å². The minimum atomic E-state index is -4.82. The number of nitrogens with zero attached hydrogens (tertiary/aromatic N) is 4. The molecule has 0 aliphatic carbocycles. The number of halogens is 3. The lowest BCUT2D eigenvalue weighted by atomic mass is 10.1. The van der Waals surface area contributed by atoms with Crippen LogP contribution >= 0.6 is 0 Å². The fourth-order valence-electron chi connectivity index (χ4n) is 4.98. The second-order valence-corrected chi connectivity index (χ2v) is 10.4. The first-order chi connectivity index (χ1) is 21.6. The number of anilines is 3. The van der Waals surface area contributed by atoms with Gasteiger partial charge in [-0.25, -0.2) is 9.48 Å². The third-order valence-electron chi connectivity index (χ3n) is 7.16. The van der Waals surface area contributed by atoms with Crippen molar-refractivity contribution in [2.75, 3.05) is 48.4 Å². The Morgan fingerprint density at radius 3 is 2.53 bits per heavy atom. The van der Waals surface area contributed by atoms with Gasteiger partial charge in [0.2, 0.25) is 5.91 Å². The molecule has 2 aromatic carbocycles. The van der Waals surface area contributed by atoms with Crippen molar-refractivity contribution in [1.29, 1.82) is 0 Å². The second-order valence-electron chi connectivity index (χ2n) is 10.4. The van der Waals surface area contributed by atoms with Gasteiger partial charge in [-0.05, 0) is 43.5 Å². The summed E-state index contributed by atoms with van der Waals surface area (Å²) in [6.45, 7) is 1.55. The highest BCUT2D eigenvalue weighted by atomic mass is 19.4. The molecule has 45 heavy (non-hydrogen) atoms. The standard InChI is InChI=1S/C29H31F3N6O7/c30-29(31,32)21-13-22(23(34-28(41)42)14-24(21)37-7-10-43-11-8-37)33-26(40)15-25(39)18-4-3-5-20(12-18)38-16-19(35-36-38)17-45-27-6-1-2-9-44-27/h3-5,12-14,16,27,34H,1-2,6-11,15,17H2,(H,33,40)(H,41,42). The van der Waals surface area contributed by atoms with Crippen molar-refractivity contribution < 1.29 is 46.9 Å². The number of carbonyl (C=O) groups is 3. The Kier molecular flexibility index (Phi) is 9.95. The van der Waals surface area contributed by atoms with Crippen molar-refractivity contribution in [2.24, 2.45) is 0 Å². The highest BCUT2D eigenvalue weighted by Gasteiger charge is 2.37. The van der Waals surface area contributed by atoms with Gasteiger partial charge in [0.25, 0.3) is 0 Å². The number of alkyl halides is 3. The van der Waals surface area contributed by atoms with Crippen molar-refractivity contribution in [3.8, 4) is 5.69 Å². The molecule has 2 amide bonds. The summed E-state index contributed by atoms with van der Waals surface area (Å²) in [7, 11) is 0. The first kappa shape index (κ1) is 31.9. The zero-order valence-corrected chi connectivity index (χ0v) is 24.0. The van der Waals surface area contributed by atoms with Crippen LogP contribution in [0.2, 0.25) is 0 Å². The molecule has 2 saturated heterocycles. The molecule has 0 spiro atoms. The van der Waals surface area contributed by atoms with Crippen molar-refractivity contribution in [3.05, 3.63) is 59.4 Å². The average Bonchev–Trinajstić information content (AvgIpc) is 3.50. The highest BCUT2D eigenvalue weighted by molar-refractivity contribution is 6.12. The van der Waals surface area contributed by atoms with Gasteiger partial charge in [0.05, 0.1) is 60.8 Å². The van der Waals surface area contributed by atoms with E-state index in [0.29, 0.717) is 24.1 Å². The lowest BCUT2D eigenvalue weighted by molar-refractivity contribution is -0.169. The van der Waals surface area contributed by atoms with E-state index in [1.807, 2.05) is 5.32 Å². The van der Waals surface area contributed by atoms with Crippen LogP contribution in [-0.4, -0.2) is 77.1 Å². The molecule has 0 bridgehead atoms. The van der Waals surface area contributed by atoms with Gasteiger partial charge in [0.15, 0.2) is 12.1 Å². The van der Waals surface area contributed by atoms with E-state index in [9.17, 15) is 32.7 Å². The summed E-state index contributed by atoms with van der Waals surface area (Å²) in [6, 6.07) is 7.92. The first-order valence-corrected chi connectivity index (χ1v) is 14.2. The Bertz CT molecular complexity index is 1530. The third-order valence-corrected chi connectivity index (χ3v) is 7.16. The molecule has 2 fully saturated rings. The number of nitrogens with one attached hydrogen (secondary N) is 2. The molecule has 2 aliphatic rings. The number of carbonyl (C=O) groups excluding carboxylic acids is 2.